The maximum absolute atomic E-state index is 13.0. The molecule has 1 aromatic rings. The van der Waals surface area contributed by atoms with Gasteiger partial charge in [-0.3, -0.25) is 4.79 Å². The molecule has 1 unspecified atom stereocenters. The van der Waals surface area contributed by atoms with Gasteiger partial charge in [0.25, 0.3) is 0 Å². The van der Waals surface area contributed by atoms with Gasteiger partial charge >= 0.3 is 0 Å². The van der Waals surface area contributed by atoms with Gasteiger partial charge in [0.05, 0.1) is 5.54 Å². The van der Waals surface area contributed by atoms with Gasteiger partial charge in [-0.05, 0) is 43.5 Å². The fraction of sp³-hybridized carbons (Fsp3) is 0.500. The average Bonchev–Trinajstić information content (AvgIpc) is 2.86. The summed E-state index contributed by atoms with van der Waals surface area (Å²) >= 11 is 0. The van der Waals surface area contributed by atoms with Crippen LogP contribution >= 0.6 is 12.4 Å². The summed E-state index contributed by atoms with van der Waals surface area (Å²) in [7, 11) is 0. The van der Waals surface area contributed by atoms with Crippen LogP contribution in [0.5, 0.6) is 0 Å². The molecule has 1 atom stereocenters. The molecule has 5 heteroatoms. The highest BCUT2D eigenvalue weighted by Gasteiger charge is 2.38. The monoisotopic (exact) mass is 286 g/mol. The third-order valence-corrected chi connectivity index (χ3v) is 3.62. The minimum absolute atomic E-state index is 0. The average molecular weight is 287 g/mol. The quantitative estimate of drug-likeness (QED) is 0.892. The van der Waals surface area contributed by atoms with Crippen molar-refractivity contribution >= 4 is 18.3 Å². The molecular weight excluding hydrogens is 267 g/mol. The molecule has 1 aliphatic heterocycles. The number of nitrogens with one attached hydrogen (secondary N) is 2. The summed E-state index contributed by atoms with van der Waals surface area (Å²) in [5, 5.41) is 6.17. The van der Waals surface area contributed by atoms with E-state index in [1.165, 1.54) is 12.1 Å². The van der Waals surface area contributed by atoms with E-state index in [2.05, 4.69) is 10.6 Å². The number of amides is 1. The van der Waals surface area contributed by atoms with Crippen molar-refractivity contribution in [3.05, 3.63) is 35.6 Å². The van der Waals surface area contributed by atoms with Gasteiger partial charge in [0.15, 0.2) is 0 Å². The second-order valence-electron chi connectivity index (χ2n) is 4.78. The van der Waals surface area contributed by atoms with E-state index in [1.54, 1.807) is 6.07 Å². The number of halogens is 2. The van der Waals surface area contributed by atoms with Gasteiger partial charge in [-0.2, -0.15) is 0 Å². The first-order valence-corrected chi connectivity index (χ1v) is 6.44. The van der Waals surface area contributed by atoms with Gasteiger partial charge in [-0.1, -0.05) is 19.1 Å². The first kappa shape index (κ1) is 15.9. The van der Waals surface area contributed by atoms with Crippen LogP contribution in [0.1, 0.15) is 31.7 Å². The van der Waals surface area contributed by atoms with Gasteiger partial charge in [-0.25, -0.2) is 4.39 Å². The highest BCUT2D eigenvalue weighted by Crippen LogP contribution is 2.23. The van der Waals surface area contributed by atoms with E-state index in [9.17, 15) is 9.18 Å². The van der Waals surface area contributed by atoms with E-state index in [-0.39, 0.29) is 24.1 Å². The van der Waals surface area contributed by atoms with Crippen molar-refractivity contribution in [3.8, 4) is 0 Å². The molecule has 2 N–H and O–H groups in total. The van der Waals surface area contributed by atoms with Crippen molar-refractivity contribution in [2.24, 2.45) is 0 Å². The predicted octanol–water partition coefficient (Wildman–Crippen LogP) is 2.40. The van der Waals surface area contributed by atoms with Gasteiger partial charge in [0.1, 0.15) is 5.82 Å². The fourth-order valence-corrected chi connectivity index (χ4v) is 2.46. The van der Waals surface area contributed by atoms with Crippen LogP contribution in [0.3, 0.4) is 0 Å². The van der Waals surface area contributed by atoms with Gasteiger partial charge in [0.2, 0.25) is 5.91 Å². The Morgan fingerprint density at radius 3 is 2.89 bits per heavy atom. The van der Waals surface area contributed by atoms with Crippen LogP contribution in [0, 0.1) is 5.82 Å². The zero-order valence-electron chi connectivity index (χ0n) is 11.0. The summed E-state index contributed by atoms with van der Waals surface area (Å²) in [5.74, 6) is -0.252. The summed E-state index contributed by atoms with van der Waals surface area (Å²) in [6.07, 6.45) is 2.68. The molecule has 0 aliphatic carbocycles. The molecule has 19 heavy (non-hydrogen) atoms. The van der Waals surface area contributed by atoms with Crippen LogP contribution in [-0.4, -0.2) is 18.0 Å². The molecule has 106 valence electrons. The molecule has 1 fully saturated rings. The third-order valence-electron chi connectivity index (χ3n) is 3.62. The van der Waals surface area contributed by atoms with E-state index in [0.29, 0.717) is 6.54 Å². The standard InChI is InChI=1S/C14H19FN2O.ClH/c1-2-14(7-4-8-17-14)13(18)16-10-11-5-3-6-12(15)9-11;/h3,5-6,9,17H,2,4,7-8,10H2,1H3,(H,16,18);1H. The maximum atomic E-state index is 13.0. The topological polar surface area (TPSA) is 41.1 Å². The Labute approximate surface area is 119 Å². The largest absolute Gasteiger partial charge is 0.350 e. The van der Waals surface area contributed by atoms with Crippen LogP contribution in [0.25, 0.3) is 0 Å². The van der Waals surface area contributed by atoms with Crippen LogP contribution in [0.2, 0.25) is 0 Å². The summed E-state index contributed by atoms with van der Waals surface area (Å²) < 4.78 is 13.0. The number of carbonyl (C=O) groups excluding carboxylic acids is 1. The molecule has 0 aromatic heterocycles. The lowest BCUT2D eigenvalue weighted by Crippen LogP contribution is -2.52. The summed E-state index contributed by atoms with van der Waals surface area (Å²) in [4.78, 5) is 12.2. The summed E-state index contributed by atoms with van der Waals surface area (Å²) in [5.41, 5.74) is 0.362. The minimum Gasteiger partial charge on any atom is -0.350 e. The number of hydrogen-bond donors (Lipinski definition) is 2. The molecule has 1 saturated heterocycles. The van der Waals surface area contributed by atoms with Crippen molar-refractivity contribution in [3.63, 3.8) is 0 Å². The van der Waals surface area contributed by atoms with Crippen molar-refractivity contribution in [1.29, 1.82) is 0 Å². The Kier molecular flexibility index (Phi) is 5.76. The third kappa shape index (κ3) is 3.67. The lowest BCUT2D eigenvalue weighted by molar-refractivity contribution is -0.127. The molecule has 1 aliphatic rings. The van der Waals surface area contributed by atoms with E-state index in [1.807, 2.05) is 13.0 Å². The normalized spacial score (nSPS) is 21.8. The fourth-order valence-electron chi connectivity index (χ4n) is 2.46. The van der Waals surface area contributed by atoms with E-state index >= 15 is 0 Å². The zero-order chi connectivity index (χ0) is 13.0. The van der Waals surface area contributed by atoms with E-state index in [0.717, 1.165) is 31.4 Å². The Hall–Kier alpha value is -1.13. The Morgan fingerprint density at radius 2 is 2.32 bits per heavy atom. The second-order valence-corrected chi connectivity index (χ2v) is 4.78. The molecular formula is C14H20ClFN2O. The molecule has 3 nitrogen and oxygen atoms in total. The molecule has 1 amide bonds. The van der Waals surface area contributed by atoms with Crippen LogP contribution < -0.4 is 10.6 Å². The van der Waals surface area contributed by atoms with E-state index < -0.39 is 5.54 Å². The Balaban J connectivity index is 0.00000180. The Morgan fingerprint density at radius 1 is 1.53 bits per heavy atom. The molecule has 0 spiro atoms. The van der Waals surface area contributed by atoms with Crippen molar-refractivity contribution in [1.82, 2.24) is 10.6 Å². The number of benzene rings is 1. The highest BCUT2D eigenvalue weighted by atomic mass is 35.5. The van der Waals surface area contributed by atoms with Crippen LogP contribution in [0.4, 0.5) is 4.39 Å². The SMILES string of the molecule is CCC1(C(=O)NCc2cccc(F)c2)CCCN1.Cl. The highest BCUT2D eigenvalue weighted by molar-refractivity contribution is 5.86. The van der Waals surface area contributed by atoms with Crippen LogP contribution in [0.15, 0.2) is 24.3 Å². The second kappa shape index (κ2) is 6.87. The summed E-state index contributed by atoms with van der Waals surface area (Å²) in [6, 6.07) is 6.31. The smallest absolute Gasteiger partial charge is 0.240 e. The lowest BCUT2D eigenvalue weighted by Gasteiger charge is -2.26. The number of carbonyl (C=O) groups is 1. The van der Waals surface area contributed by atoms with Gasteiger partial charge in [-0.15, -0.1) is 12.4 Å². The molecule has 0 bridgehead atoms. The number of hydrogen-bond acceptors (Lipinski definition) is 2. The number of rotatable bonds is 4. The van der Waals surface area contributed by atoms with Crippen molar-refractivity contribution in [2.45, 2.75) is 38.3 Å². The van der Waals surface area contributed by atoms with Crippen molar-refractivity contribution in [2.75, 3.05) is 6.54 Å². The molecule has 0 saturated carbocycles. The molecule has 0 radical (unpaired) electrons. The Bertz CT molecular complexity index is 433. The van der Waals surface area contributed by atoms with Gasteiger partial charge < -0.3 is 10.6 Å². The first-order valence-electron chi connectivity index (χ1n) is 6.44. The lowest BCUT2D eigenvalue weighted by atomic mass is 9.93. The first-order chi connectivity index (χ1) is 8.66. The maximum Gasteiger partial charge on any atom is 0.240 e. The van der Waals surface area contributed by atoms with Crippen molar-refractivity contribution < 1.29 is 9.18 Å². The van der Waals surface area contributed by atoms with Gasteiger partial charge in [0, 0.05) is 6.54 Å². The predicted molar refractivity (Wildman–Crippen MR) is 75.8 cm³/mol. The summed E-state index contributed by atoms with van der Waals surface area (Å²) in [6.45, 7) is 3.28. The van der Waals surface area contributed by atoms with Crippen LogP contribution in [-0.2, 0) is 11.3 Å². The molecule has 1 heterocycles. The van der Waals surface area contributed by atoms with E-state index in [4.69, 9.17) is 0 Å². The molecule has 2 rings (SSSR count). The molecule has 1 aromatic carbocycles. The minimum atomic E-state index is -0.423. The zero-order valence-corrected chi connectivity index (χ0v) is 11.9.